The van der Waals surface area contributed by atoms with Crippen LogP contribution < -0.4 is 0 Å². The first-order valence-corrected chi connectivity index (χ1v) is 5.76. The highest BCUT2D eigenvalue weighted by Crippen LogP contribution is 2.03. The van der Waals surface area contributed by atoms with Crippen molar-refractivity contribution in [2.75, 3.05) is 60.2 Å². The lowest BCUT2D eigenvalue weighted by molar-refractivity contribution is -0.133. The van der Waals surface area contributed by atoms with Crippen molar-refractivity contribution in [1.82, 2.24) is 9.80 Å². The number of methoxy groups -OCH3 is 2. The van der Waals surface area contributed by atoms with Crippen LogP contribution in [0.15, 0.2) is 0 Å². The van der Waals surface area contributed by atoms with Gasteiger partial charge in [0.05, 0.1) is 19.6 Å². The van der Waals surface area contributed by atoms with E-state index >= 15 is 0 Å². The van der Waals surface area contributed by atoms with Crippen LogP contribution in [-0.4, -0.2) is 75.9 Å². The highest BCUT2D eigenvalue weighted by atomic mass is 16.5. The van der Waals surface area contributed by atoms with Crippen LogP contribution in [0.4, 0.5) is 0 Å². The second-order valence-electron chi connectivity index (χ2n) is 3.96. The Balaban J connectivity index is 2.18. The van der Waals surface area contributed by atoms with E-state index in [0.29, 0.717) is 13.0 Å². The van der Waals surface area contributed by atoms with Gasteiger partial charge in [-0.1, -0.05) is 0 Å². The maximum absolute atomic E-state index is 11.7. The quantitative estimate of drug-likeness (QED) is 0.634. The third-order valence-electron chi connectivity index (χ3n) is 2.86. The van der Waals surface area contributed by atoms with E-state index in [4.69, 9.17) is 9.47 Å². The van der Waals surface area contributed by atoms with Crippen LogP contribution in [0, 0.1) is 0 Å². The molecule has 0 aromatic carbocycles. The van der Waals surface area contributed by atoms with E-state index in [1.807, 2.05) is 4.90 Å². The maximum atomic E-state index is 11.7. The summed E-state index contributed by atoms with van der Waals surface area (Å²) in [5.41, 5.74) is 0. The Hall–Kier alpha value is -0.650. The molecule has 0 atom stereocenters. The number of piperazine rings is 1. The summed E-state index contributed by atoms with van der Waals surface area (Å²) in [5, 5.41) is 0. The van der Waals surface area contributed by atoms with Crippen molar-refractivity contribution in [2.45, 2.75) is 6.42 Å². The summed E-state index contributed by atoms with van der Waals surface area (Å²) in [5.74, 6) is 0.202. The molecular weight excluding hydrogens is 208 g/mol. The molecule has 0 unspecified atom stereocenters. The van der Waals surface area contributed by atoms with E-state index in [1.165, 1.54) is 0 Å². The van der Waals surface area contributed by atoms with E-state index in [9.17, 15) is 4.79 Å². The summed E-state index contributed by atoms with van der Waals surface area (Å²) in [6.07, 6.45) is 0.495. The molecule has 1 fully saturated rings. The fourth-order valence-electron chi connectivity index (χ4n) is 1.79. The molecule has 5 nitrogen and oxygen atoms in total. The molecule has 5 heteroatoms. The Labute approximate surface area is 97.3 Å². The van der Waals surface area contributed by atoms with E-state index in [0.717, 1.165) is 39.3 Å². The van der Waals surface area contributed by atoms with Crippen molar-refractivity contribution in [3.63, 3.8) is 0 Å². The lowest BCUT2D eigenvalue weighted by Gasteiger charge is -2.34. The lowest BCUT2D eigenvalue weighted by atomic mass is 10.3. The molecule has 1 rings (SSSR count). The van der Waals surface area contributed by atoms with Gasteiger partial charge in [-0.25, -0.2) is 0 Å². The van der Waals surface area contributed by atoms with Gasteiger partial charge < -0.3 is 14.4 Å². The van der Waals surface area contributed by atoms with Gasteiger partial charge in [0, 0.05) is 46.9 Å². The van der Waals surface area contributed by atoms with E-state index in [-0.39, 0.29) is 5.91 Å². The monoisotopic (exact) mass is 230 g/mol. The second-order valence-corrected chi connectivity index (χ2v) is 3.96. The average Bonchev–Trinajstić information content (AvgIpc) is 2.34. The molecular formula is C11H22N2O3. The third-order valence-corrected chi connectivity index (χ3v) is 2.86. The van der Waals surface area contributed by atoms with Crippen molar-refractivity contribution < 1.29 is 14.3 Å². The molecule has 0 N–H and O–H groups in total. The normalized spacial score (nSPS) is 17.8. The average molecular weight is 230 g/mol. The third kappa shape index (κ3) is 4.47. The summed E-state index contributed by atoms with van der Waals surface area (Å²) < 4.78 is 9.94. The highest BCUT2D eigenvalue weighted by Gasteiger charge is 2.20. The van der Waals surface area contributed by atoms with Crippen LogP contribution in [0.25, 0.3) is 0 Å². The zero-order chi connectivity index (χ0) is 11.8. The summed E-state index contributed by atoms with van der Waals surface area (Å²) in [6.45, 7) is 5.78. The minimum atomic E-state index is 0.202. The highest BCUT2D eigenvalue weighted by molar-refractivity contribution is 5.76. The van der Waals surface area contributed by atoms with Crippen molar-refractivity contribution >= 4 is 5.91 Å². The van der Waals surface area contributed by atoms with Gasteiger partial charge in [-0.15, -0.1) is 0 Å². The van der Waals surface area contributed by atoms with Gasteiger partial charge in [-0.3, -0.25) is 9.69 Å². The number of rotatable bonds is 6. The zero-order valence-corrected chi connectivity index (χ0v) is 10.3. The molecule has 0 saturated carbocycles. The molecule has 1 heterocycles. The first kappa shape index (κ1) is 13.4. The molecule has 1 saturated heterocycles. The summed E-state index contributed by atoms with van der Waals surface area (Å²) in [6, 6.07) is 0. The Kier molecular flexibility index (Phi) is 6.37. The molecule has 1 amide bonds. The van der Waals surface area contributed by atoms with Gasteiger partial charge in [0.2, 0.25) is 5.91 Å². The Morgan fingerprint density at radius 3 is 2.25 bits per heavy atom. The Morgan fingerprint density at radius 2 is 1.69 bits per heavy atom. The minimum Gasteiger partial charge on any atom is -0.384 e. The fourth-order valence-corrected chi connectivity index (χ4v) is 1.79. The van der Waals surface area contributed by atoms with E-state index < -0.39 is 0 Å². The van der Waals surface area contributed by atoms with Crippen molar-refractivity contribution in [3.05, 3.63) is 0 Å². The van der Waals surface area contributed by atoms with Crippen molar-refractivity contribution in [1.29, 1.82) is 0 Å². The smallest absolute Gasteiger partial charge is 0.224 e. The number of nitrogens with zero attached hydrogens (tertiary/aromatic N) is 2. The second kappa shape index (κ2) is 7.60. The van der Waals surface area contributed by atoms with Crippen LogP contribution in [0.3, 0.4) is 0 Å². The predicted octanol–water partition coefficient (Wildman–Crippen LogP) is -0.186. The number of carbonyl (C=O) groups excluding carboxylic acids is 1. The molecule has 1 aliphatic rings. The maximum Gasteiger partial charge on any atom is 0.224 e. The largest absolute Gasteiger partial charge is 0.384 e. The summed E-state index contributed by atoms with van der Waals surface area (Å²) in [7, 11) is 3.33. The van der Waals surface area contributed by atoms with Gasteiger partial charge in [0.25, 0.3) is 0 Å². The van der Waals surface area contributed by atoms with Crippen LogP contribution in [0.5, 0.6) is 0 Å². The molecule has 0 spiro atoms. The Morgan fingerprint density at radius 1 is 1.06 bits per heavy atom. The summed E-state index contributed by atoms with van der Waals surface area (Å²) in [4.78, 5) is 15.9. The number of carbonyl (C=O) groups is 1. The molecule has 0 radical (unpaired) electrons. The van der Waals surface area contributed by atoms with Crippen molar-refractivity contribution in [3.8, 4) is 0 Å². The number of amides is 1. The predicted molar refractivity (Wildman–Crippen MR) is 61.4 cm³/mol. The topological polar surface area (TPSA) is 42.0 Å². The van der Waals surface area contributed by atoms with Crippen LogP contribution >= 0.6 is 0 Å². The lowest BCUT2D eigenvalue weighted by Crippen LogP contribution is -2.49. The van der Waals surface area contributed by atoms with E-state index in [1.54, 1.807) is 14.2 Å². The number of hydrogen-bond donors (Lipinski definition) is 0. The number of ether oxygens (including phenoxy) is 2. The molecule has 94 valence electrons. The SMILES string of the molecule is COCCC(=O)N1CCN(CCOC)CC1. The van der Waals surface area contributed by atoms with Crippen molar-refractivity contribution in [2.24, 2.45) is 0 Å². The van der Waals surface area contributed by atoms with E-state index in [2.05, 4.69) is 4.90 Å². The van der Waals surface area contributed by atoms with Gasteiger partial charge in [-0.05, 0) is 0 Å². The van der Waals surface area contributed by atoms with Crippen LogP contribution in [0.2, 0.25) is 0 Å². The van der Waals surface area contributed by atoms with Gasteiger partial charge in [-0.2, -0.15) is 0 Å². The molecule has 0 aromatic heterocycles. The molecule has 0 aliphatic carbocycles. The first-order valence-electron chi connectivity index (χ1n) is 5.76. The van der Waals surface area contributed by atoms with Crippen LogP contribution in [-0.2, 0) is 14.3 Å². The molecule has 0 aromatic rings. The van der Waals surface area contributed by atoms with Gasteiger partial charge in [0.15, 0.2) is 0 Å². The fraction of sp³-hybridized carbons (Fsp3) is 0.909. The standard InChI is InChI=1S/C11H22N2O3/c1-15-9-3-11(14)13-6-4-12(5-7-13)8-10-16-2/h3-10H2,1-2H3. The minimum absolute atomic E-state index is 0.202. The molecule has 1 aliphatic heterocycles. The van der Waals surface area contributed by atoms with Gasteiger partial charge in [0.1, 0.15) is 0 Å². The zero-order valence-electron chi connectivity index (χ0n) is 10.3. The number of hydrogen-bond acceptors (Lipinski definition) is 4. The first-order chi connectivity index (χ1) is 7.77. The van der Waals surface area contributed by atoms with Crippen LogP contribution in [0.1, 0.15) is 6.42 Å². The summed E-state index contributed by atoms with van der Waals surface area (Å²) >= 11 is 0. The molecule has 0 bridgehead atoms. The Bertz CT molecular complexity index is 203. The molecule has 16 heavy (non-hydrogen) atoms. The van der Waals surface area contributed by atoms with Gasteiger partial charge >= 0.3 is 0 Å².